The van der Waals surface area contributed by atoms with E-state index in [9.17, 15) is 9.59 Å². The van der Waals surface area contributed by atoms with Gasteiger partial charge in [0.1, 0.15) is 0 Å². The summed E-state index contributed by atoms with van der Waals surface area (Å²) in [7, 11) is 0. The molecule has 4 nitrogen and oxygen atoms in total. The van der Waals surface area contributed by atoms with Crippen molar-refractivity contribution in [3.63, 3.8) is 0 Å². The first-order valence-corrected chi connectivity index (χ1v) is 9.97. The number of anilines is 1. The monoisotopic (exact) mass is 384 g/mol. The maximum absolute atomic E-state index is 13.2. The first-order valence-electron chi connectivity index (χ1n) is 9.97. The molecule has 3 aromatic rings. The second kappa shape index (κ2) is 7.30. The Kier molecular flexibility index (Phi) is 4.81. The van der Waals surface area contributed by atoms with Crippen molar-refractivity contribution < 1.29 is 9.59 Å². The fourth-order valence-corrected chi connectivity index (χ4v) is 4.29. The van der Waals surface area contributed by atoms with Crippen LogP contribution >= 0.6 is 0 Å². The third kappa shape index (κ3) is 2.88. The molecule has 0 aromatic heterocycles. The lowest BCUT2D eigenvalue weighted by Gasteiger charge is -2.23. The van der Waals surface area contributed by atoms with Crippen molar-refractivity contribution in [1.29, 1.82) is 0 Å². The van der Waals surface area contributed by atoms with Crippen LogP contribution in [0.5, 0.6) is 0 Å². The Labute approximate surface area is 170 Å². The lowest BCUT2D eigenvalue weighted by Crippen LogP contribution is -2.22. The maximum Gasteiger partial charge on any atom is 0.196 e. The molecule has 0 spiro atoms. The van der Waals surface area contributed by atoms with Gasteiger partial charge in [-0.25, -0.2) is 0 Å². The van der Waals surface area contributed by atoms with Crippen molar-refractivity contribution in [3.8, 4) is 11.1 Å². The number of carbonyl (C=O) groups is 2. The highest BCUT2D eigenvalue weighted by Crippen LogP contribution is 2.40. The molecule has 4 heteroatoms. The summed E-state index contributed by atoms with van der Waals surface area (Å²) < 4.78 is 0. The Bertz CT molecular complexity index is 1140. The van der Waals surface area contributed by atoms with Crippen LogP contribution in [0.2, 0.25) is 0 Å². The number of fused-ring (bicyclic) bond motifs is 2. The average Bonchev–Trinajstić information content (AvgIpc) is 2.76. The Morgan fingerprint density at radius 2 is 1.28 bits per heavy atom. The van der Waals surface area contributed by atoms with Gasteiger partial charge >= 0.3 is 0 Å². The van der Waals surface area contributed by atoms with Crippen LogP contribution in [-0.2, 0) is 19.4 Å². The molecule has 0 bridgehead atoms. The van der Waals surface area contributed by atoms with E-state index in [1.807, 2.05) is 6.07 Å². The second-order valence-corrected chi connectivity index (χ2v) is 7.35. The Morgan fingerprint density at radius 3 is 1.83 bits per heavy atom. The van der Waals surface area contributed by atoms with Gasteiger partial charge in [-0.05, 0) is 41.2 Å². The number of benzene rings is 3. The third-order valence-electron chi connectivity index (χ3n) is 5.76. The van der Waals surface area contributed by atoms with Gasteiger partial charge < -0.3 is 11.5 Å². The van der Waals surface area contributed by atoms with Crippen molar-refractivity contribution in [2.75, 3.05) is 5.73 Å². The van der Waals surface area contributed by atoms with E-state index in [-0.39, 0.29) is 11.6 Å². The van der Waals surface area contributed by atoms with Gasteiger partial charge in [0.2, 0.25) is 0 Å². The summed E-state index contributed by atoms with van der Waals surface area (Å²) in [4.78, 5) is 26.2. The van der Waals surface area contributed by atoms with Crippen LogP contribution in [0.25, 0.3) is 11.1 Å². The van der Waals surface area contributed by atoms with Crippen LogP contribution in [0.1, 0.15) is 62.4 Å². The van der Waals surface area contributed by atoms with Gasteiger partial charge in [0.15, 0.2) is 11.6 Å². The van der Waals surface area contributed by atoms with Crippen molar-refractivity contribution in [2.24, 2.45) is 5.73 Å². The van der Waals surface area contributed by atoms with Crippen molar-refractivity contribution in [1.82, 2.24) is 0 Å². The first kappa shape index (κ1) is 19.1. The fraction of sp³-hybridized carbons (Fsp3) is 0.200. The minimum Gasteiger partial charge on any atom is -0.398 e. The van der Waals surface area contributed by atoms with Crippen molar-refractivity contribution in [2.45, 2.75) is 33.2 Å². The van der Waals surface area contributed by atoms with Gasteiger partial charge in [-0.3, -0.25) is 9.59 Å². The molecule has 0 amide bonds. The minimum atomic E-state index is -0.191. The standard InChI is InChI=1S/C25H24N2O2/c1-3-15-11-14(13-26)12-16(4-2)21(15)19-9-10-20-22(23(19)27)25(29)18-8-6-5-7-17(18)24(20)28/h5-12H,3-4,13,26-27H2,1-2H3. The summed E-state index contributed by atoms with van der Waals surface area (Å²) in [6.45, 7) is 4.67. The van der Waals surface area contributed by atoms with Crippen LogP contribution in [0.4, 0.5) is 5.69 Å². The molecule has 0 saturated carbocycles. The zero-order valence-corrected chi connectivity index (χ0v) is 16.7. The van der Waals surface area contributed by atoms with Crippen LogP contribution < -0.4 is 11.5 Å². The molecule has 0 unspecified atom stereocenters. The highest BCUT2D eigenvalue weighted by atomic mass is 16.1. The number of hydrogen-bond acceptors (Lipinski definition) is 4. The zero-order chi connectivity index (χ0) is 20.7. The number of nitrogens with two attached hydrogens (primary N) is 2. The van der Waals surface area contributed by atoms with E-state index in [4.69, 9.17) is 11.5 Å². The lowest BCUT2D eigenvalue weighted by molar-refractivity contribution is 0.0980. The van der Waals surface area contributed by atoms with Gasteiger partial charge in [0, 0.05) is 28.8 Å². The second-order valence-electron chi connectivity index (χ2n) is 7.35. The predicted octanol–water partition coefficient (Wildman–Crippen LogP) is 4.29. The van der Waals surface area contributed by atoms with E-state index >= 15 is 0 Å². The molecule has 0 radical (unpaired) electrons. The minimum absolute atomic E-state index is 0.154. The third-order valence-corrected chi connectivity index (χ3v) is 5.76. The molecule has 0 saturated heterocycles. The molecular formula is C25H24N2O2. The van der Waals surface area contributed by atoms with Gasteiger partial charge in [-0.15, -0.1) is 0 Å². The van der Waals surface area contributed by atoms with Crippen LogP contribution in [0.15, 0.2) is 48.5 Å². The molecule has 1 aliphatic carbocycles. The number of carbonyl (C=O) groups excluding carboxylic acids is 2. The van der Waals surface area contributed by atoms with Gasteiger partial charge in [0.25, 0.3) is 0 Å². The molecule has 0 fully saturated rings. The number of hydrogen-bond donors (Lipinski definition) is 2. The van der Waals surface area contributed by atoms with Crippen molar-refractivity contribution >= 4 is 17.3 Å². The topological polar surface area (TPSA) is 86.2 Å². The molecule has 0 aliphatic heterocycles. The predicted molar refractivity (Wildman–Crippen MR) is 116 cm³/mol. The SMILES string of the molecule is CCc1cc(CN)cc(CC)c1-c1ccc2c(c1N)C(=O)c1ccccc1C2=O. The normalized spacial score (nSPS) is 12.7. The highest BCUT2D eigenvalue weighted by Gasteiger charge is 2.32. The summed E-state index contributed by atoms with van der Waals surface area (Å²) in [6.07, 6.45) is 1.64. The first-order chi connectivity index (χ1) is 14.0. The van der Waals surface area contributed by atoms with Crippen LogP contribution in [0.3, 0.4) is 0 Å². The lowest BCUT2D eigenvalue weighted by atomic mass is 9.80. The molecule has 0 atom stereocenters. The summed E-state index contributed by atoms with van der Waals surface area (Å²) in [5.41, 5.74) is 19.6. The smallest absolute Gasteiger partial charge is 0.196 e. The van der Waals surface area contributed by atoms with Crippen LogP contribution in [0, 0.1) is 0 Å². The molecule has 146 valence electrons. The molecule has 3 aromatic carbocycles. The van der Waals surface area contributed by atoms with Gasteiger partial charge in [-0.1, -0.05) is 56.3 Å². The van der Waals surface area contributed by atoms with E-state index in [0.29, 0.717) is 34.5 Å². The van der Waals surface area contributed by atoms with E-state index in [0.717, 1.165) is 40.7 Å². The molecule has 4 rings (SSSR count). The quantitative estimate of drug-likeness (QED) is 0.514. The fourth-order valence-electron chi connectivity index (χ4n) is 4.29. The molecule has 0 heterocycles. The zero-order valence-electron chi connectivity index (χ0n) is 16.7. The van der Waals surface area contributed by atoms with Crippen LogP contribution in [-0.4, -0.2) is 11.6 Å². The van der Waals surface area contributed by atoms with E-state index in [1.165, 1.54) is 0 Å². The molecular weight excluding hydrogens is 360 g/mol. The van der Waals surface area contributed by atoms with Gasteiger partial charge in [-0.2, -0.15) is 0 Å². The summed E-state index contributed by atoms with van der Waals surface area (Å²) in [5.74, 6) is -0.345. The Hall–Kier alpha value is -3.24. The number of aryl methyl sites for hydroxylation is 2. The molecule has 1 aliphatic rings. The number of nitrogen functional groups attached to an aromatic ring is 1. The summed E-state index contributed by atoms with van der Waals surface area (Å²) in [5, 5.41) is 0. The molecule has 4 N–H and O–H groups in total. The Morgan fingerprint density at radius 1 is 0.724 bits per heavy atom. The highest BCUT2D eigenvalue weighted by molar-refractivity contribution is 6.30. The molecule has 29 heavy (non-hydrogen) atoms. The Balaban J connectivity index is 1.99. The summed E-state index contributed by atoms with van der Waals surface area (Å²) >= 11 is 0. The van der Waals surface area contributed by atoms with Crippen molar-refractivity contribution in [3.05, 3.63) is 87.5 Å². The van der Waals surface area contributed by atoms with E-state index in [2.05, 4.69) is 26.0 Å². The maximum atomic E-state index is 13.2. The average molecular weight is 384 g/mol. The van der Waals surface area contributed by atoms with E-state index in [1.54, 1.807) is 30.3 Å². The number of rotatable bonds is 4. The summed E-state index contributed by atoms with van der Waals surface area (Å²) in [6, 6.07) is 14.8. The van der Waals surface area contributed by atoms with E-state index < -0.39 is 0 Å². The largest absolute Gasteiger partial charge is 0.398 e. The number of ketones is 2. The van der Waals surface area contributed by atoms with Gasteiger partial charge in [0.05, 0.1) is 11.3 Å².